The van der Waals surface area contributed by atoms with Crippen LogP contribution in [0.2, 0.25) is 0 Å². The van der Waals surface area contributed by atoms with Crippen LogP contribution in [0.1, 0.15) is 82.3 Å². The molecule has 0 radical (unpaired) electrons. The molecule has 0 bridgehead atoms. The topological polar surface area (TPSA) is 46.5 Å². The maximum Gasteiger partial charge on any atom is 0.338 e. The largest absolute Gasteiger partial charge is 0.423 e. The molecule has 3 nitrogen and oxygen atoms in total. The van der Waals surface area contributed by atoms with Gasteiger partial charge in [0.1, 0.15) is 5.75 Å². The molecule has 0 atom stereocenters. The Morgan fingerprint density at radius 1 is 1.03 bits per heavy atom. The van der Waals surface area contributed by atoms with Crippen molar-refractivity contribution < 1.29 is 14.6 Å². The van der Waals surface area contributed by atoms with Crippen molar-refractivity contribution in [3.63, 3.8) is 0 Å². The van der Waals surface area contributed by atoms with Crippen molar-refractivity contribution in [2.24, 2.45) is 5.92 Å². The molecule has 0 spiro atoms. The Kier molecular flexibility index (Phi) is 9.11. The van der Waals surface area contributed by atoms with E-state index in [9.17, 15) is 9.90 Å². The minimum Gasteiger partial charge on any atom is -0.423 e. The van der Waals surface area contributed by atoms with Crippen molar-refractivity contribution in [1.29, 1.82) is 0 Å². The molecule has 0 aromatic heterocycles. The number of carbonyl (C=O) groups is 1. The minimum absolute atomic E-state index is 0.00646. The monoisotopic (exact) mass is 434 g/mol. The highest BCUT2D eigenvalue weighted by Gasteiger charge is 2.22. The van der Waals surface area contributed by atoms with Gasteiger partial charge >= 0.3 is 5.97 Å². The Hall–Kier alpha value is -2.39. The number of benzene rings is 2. The smallest absolute Gasteiger partial charge is 0.338 e. The van der Waals surface area contributed by atoms with Gasteiger partial charge in [0.05, 0.1) is 0 Å². The molecule has 32 heavy (non-hydrogen) atoms. The first-order valence-corrected chi connectivity index (χ1v) is 12.2. The molecule has 2 aromatic rings. The zero-order valence-electron chi connectivity index (χ0n) is 19.7. The maximum absolute atomic E-state index is 12.0. The van der Waals surface area contributed by atoms with Gasteiger partial charge in [0.25, 0.3) is 0 Å². The van der Waals surface area contributed by atoms with Gasteiger partial charge in [-0.3, -0.25) is 0 Å². The highest BCUT2D eigenvalue weighted by Crippen LogP contribution is 2.38. The summed E-state index contributed by atoms with van der Waals surface area (Å²) in [6.07, 6.45) is 11.2. The summed E-state index contributed by atoms with van der Waals surface area (Å²) in [6.45, 7) is 7.58. The number of rotatable bonds is 10. The van der Waals surface area contributed by atoms with E-state index in [1.807, 2.05) is 18.2 Å². The zero-order chi connectivity index (χ0) is 22.9. The van der Waals surface area contributed by atoms with E-state index in [4.69, 9.17) is 4.74 Å². The van der Waals surface area contributed by atoms with Gasteiger partial charge in [0.2, 0.25) is 0 Å². The maximum atomic E-state index is 12.0. The van der Waals surface area contributed by atoms with Crippen LogP contribution in [-0.4, -0.2) is 17.7 Å². The highest BCUT2D eigenvalue weighted by molar-refractivity contribution is 5.89. The lowest BCUT2D eigenvalue weighted by Gasteiger charge is -2.29. The van der Waals surface area contributed by atoms with Gasteiger partial charge in [0.15, 0.2) is 0 Å². The van der Waals surface area contributed by atoms with Gasteiger partial charge in [-0.15, -0.1) is 0 Å². The van der Waals surface area contributed by atoms with Gasteiger partial charge in [-0.1, -0.05) is 75.6 Å². The van der Waals surface area contributed by atoms with Crippen LogP contribution in [0.25, 0.3) is 11.1 Å². The SMILES string of the molecule is C=C(C)C(=O)Oc1cc(-c2ccc(C3CCC(CCCCC)CC3)cc2)ccc1CCO. The summed E-state index contributed by atoms with van der Waals surface area (Å²) in [5.41, 5.74) is 4.71. The molecule has 2 aromatic carbocycles. The number of ether oxygens (including phenoxy) is 1. The number of hydrogen-bond donors (Lipinski definition) is 1. The molecule has 0 heterocycles. The predicted octanol–water partition coefficient (Wildman–Crippen LogP) is 7.22. The zero-order valence-corrected chi connectivity index (χ0v) is 19.7. The average Bonchev–Trinajstić information content (AvgIpc) is 2.81. The summed E-state index contributed by atoms with van der Waals surface area (Å²) in [5, 5.41) is 9.34. The van der Waals surface area contributed by atoms with Crippen LogP contribution >= 0.6 is 0 Å². The van der Waals surface area contributed by atoms with Gasteiger partial charge < -0.3 is 9.84 Å². The van der Waals surface area contributed by atoms with Crippen molar-refractivity contribution in [2.45, 2.75) is 77.6 Å². The predicted molar refractivity (Wildman–Crippen MR) is 132 cm³/mol. The van der Waals surface area contributed by atoms with Crippen molar-refractivity contribution >= 4 is 5.97 Å². The molecule has 3 rings (SSSR count). The molecule has 0 saturated heterocycles. The third kappa shape index (κ3) is 6.56. The average molecular weight is 435 g/mol. The first-order valence-electron chi connectivity index (χ1n) is 12.2. The van der Waals surface area contributed by atoms with E-state index in [0.29, 0.717) is 23.7 Å². The standard InChI is InChI=1S/C29H38O3/c1-4-5-6-7-22-8-10-23(11-9-22)24-12-14-25(15-13-24)27-17-16-26(18-19-30)28(20-27)32-29(31)21(2)3/h12-17,20,22-23,30H,2,4-11,18-19H2,1,3H3. The van der Waals surface area contributed by atoms with E-state index in [1.54, 1.807) is 6.92 Å². The third-order valence-corrected chi connectivity index (χ3v) is 6.78. The summed E-state index contributed by atoms with van der Waals surface area (Å²) < 4.78 is 5.54. The van der Waals surface area contributed by atoms with Crippen LogP contribution < -0.4 is 4.74 Å². The summed E-state index contributed by atoms with van der Waals surface area (Å²) in [7, 11) is 0. The van der Waals surface area contributed by atoms with Crippen molar-refractivity contribution in [2.75, 3.05) is 6.61 Å². The van der Waals surface area contributed by atoms with Gasteiger partial charge in [-0.05, 0) is 79.2 Å². The first kappa shape index (κ1) is 24.3. The van der Waals surface area contributed by atoms with E-state index in [1.165, 1.54) is 56.9 Å². The Morgan fingerprint density at radius 3 is 2.34 bits per heavy atom. The van der Waals surface area contributed by atoms with Gasteiger partial charge in [0, 0.05) is 12.2 Å². The number of esters is 1. The minimum atomic E-state index is -0.443. The molecule has 1 aliphatic rings. The van der Waals surface area contributed by atoms with E-state index in [2.05, 4.69) is 37.8 Å². The lowest BCUT2D eigenvalue weighted by atomic mass is 9.77. The fraction of sp³-hybridized carbons (Fsp3) is 0.483. The van der Waals surface area contributed by atoms with Gasteiger partial charge in [-0.25, -0.2) is 4.79 Å². The van der Waals surface area contributed by atoms with E-state index in [-0.39, 0.29) is 6.61 Å². The summed E-state index contributed by atoms with van der Waals surface area (Å²) in [6, 6.07) is 14.7. The molecule has 3 heteroatoms. The van der Waals surface area contributed by atoms with Crippen LogP contribution in [0.3, 0.4) is 0 Å². The van der Waals surface area contributed by atoms with Crippen LogP contribution in [0, 0.1) is 5.92 Å². The van der Waals surface area contributed by atoms with Crippen LogP contribution in [0.4, 0.5) is 0 Å². The van der Waals surface area contributed by atoms with Crippen molar-refractivity contribution in [3.05, 3.63) is 65.7 Å². The molecule has 0 unspecified atom stereocenters. The van der Waals surface area contributed by atoms with E-state index < -0.39 is 5.97 Å². The number of unbranched alkanes of at least 4 members (excludes halogenated alkanes) is 2. The molecule has 172 valence electrons. The number of carbonyl (C=O) groups excluding carboxylic acids is 1. The fourth-order valence-corrected chi connectivity index (χ4v) is 4.76. The van der Waals surface area contributed by atoms with E-state index in [0.717, 1.165) is 22.6 Å². The van der Waals surface area contributed by atoms with Crippen LogP contribution in [0.15, 0.2) is 54.6 Å². The molecule has 1 saturated carbocycles. The molecule has 1 aliphatic carbocycles. The summed E-state index contributed by atoms with van der Waals surface area (Å²) in [5.74, 6) is 1.65. The molecule has 0 aliphatic heterocycles. The van der Waals surface area contributed by atoms with Crippen molar-refractivity contribution in [3.8, 4) is 16.9 Å². The van der Waals surface area contributed by atoms with Gasteiger partial charge in [-0.2, -0.15) is 0 Å². The second kappa shape index (κ2) is 12.0. The molecule has 1 fully saturated rings. The molecule has 0 amide bonds. The van der Waals surface area contributed by atoms with Crippen LogP contribution in [-0.2, 0) is 11.2 Å². The Bertz CT molecular complexity index is 889. The van der Waals surface area contributed by atoms with Crippen LogP contribution in [0.5, 0.6) is 5.75 Å². The van der Waals surface area contributed by atoms with E-state index >= 15 is 0 Å². The lowest BCUT2D eigenvalue weighted by Crippen LogP contribution is -2.13. The lowest BCUT2D eigenvalue weighted by molar-refractivity contribution is -0.130. The Balaban J connectivity index is 1.68. The number of aliphatic hydroxyl groups is 1. The molecule has 1 N–H and O–H groups in total. The highest BCUT2D eigenvalue weighted by atomic mass is 16.5. The fourth-order valence-electron chi connectivity index (χ4n) is 4.76. The third-order valence-electron chi connectivity index (χ3n) is 6.78. The summed E-state index contributed by atoms with van der Waals surface area (Å²) >= 11 is 0. The van der Waals surface area contributed by atoms with Crippen molar-refractivity contribution in [1.82, 2.24) is 0 Å². The second-order valence-corrected chi connectivity index (χ2v) is 9.30. The molecular weight excluding hydrogens is 396 g/mol. The summed E-state index contributed by atoms with van der Waals surface area (Å²) in [4.78, 5) is 12.0. The first-order chi connectivity index (χ1) is 15.5. The quantitative estimate of drug-likeness (QED) is 0.186. The molecular formula is C29H38O3. The normalized spacial score (nSPS) is 18.3. The second-order valence-electron chi connectivity index (χ2n) is 9.30. The number of hydrogen-bond acceptors (Lipinski definition) is 3. The Labute approximate surface area is 193 Å². The number of aliphatic hydroxyl groups excluding tert-OH is 1. The Morgan fingerprint density at radius 2 is 1.72 bits per heavy atom.